The average molecular weight is 504 g/mol. The van der Waals surface area contributed by atoms with Crippen LogP contribution in [0.4, 0.5) is 0 Å². The average Bonchev–Trinajstić information content (AvgIpc) is 2.88. The van der Waals surface area contributed by atoms with Crippen LogP contribution in [0.15, 0.2) is 39.5 Å². The van der Waals surface area contributed by atoms with Crippen molar-refractivity contribution < 1.29 is 48.5 Å². The zero-order chi connectivity index (χ0) is 26.1. The predicted octanol–water partition coefficient (Wildman–Crippen LogP) is 1.65. The van der Waals surface area contributed by atoms with Crippen LogP contribution in [-0.4, -0.2) is 73.0 Å². The number of fused-ring (bicyclic) bond motifs is 1. The molecule has 4 N–H and O–H groups in total. The van der Waals surface area contributed by atoms with Gasteiger partial charge in [-0.3, -0.25) is 4.79 Å². The lowest BCUT2D eigenvalue weighted by Gasteiger charge is -2.40. The van der Waals surface area contributed by atoms with Crippen LogP contribution in [-0.2, 0) is 4.74 Å². The highest BCUT2D eigenvalue weighted by molar-refractivity contribution is 5.88. The Hall–Kier alpha value is -3.51. The van der Waals surface area contributed by atoms with E-state index in [1.165, 1.54) is 51.7 Å². The van der Waals surface area contributed by atoms with E-state index in [9.17, 15) is 25.2 Å². The molecule has 1 fully saturated rings. The maximum absolute atomic E-state index is 13.4. The smallest absolute Gasteiger partial charge is 0.239 e. The second-order valence-electron chi connectivity index (χ2n) is 8.36. The number of benzene rings is 2. The molecule has 3 aromatic rings. The van der Waals surface area contributed by atoms with E-state index in [0.717, 1.165) is 0 Å². The molecule has 2 aromatic carbocycles. The van der Waals surface area contributed by atoms with Crippen molar-refractivity contribution in [3.05, 3.63) is 40.6 Å². The van der Waals surface area contributed by atoms with Crippen molar-refractivity contribution in [3.63, 3.8) is 0 Å². The van der Waals surface area contributed by atoms with Crippen molar-refractivity contribution >= 4 is 11.0 Å². The highest BCUT2D eigenvalue weighted by Gasteiger charge is 2.43. The van der Waals surface area contributed by atoms with E-state index < -0.39 is 42.6 Å². The van der Waals surface area contributed by atoms with Gasteiger partial charge in [0.25, 0.3) is 0 Å². The monoisotopic (exact) mass is 504 g/mol. The molecule has 0 radical (unpaired) electrons. The van der Waals surface area contributed by atoms with Crippen molar-refractivity contribution in [1.82, 2.24) is 0 Å². The van der Waals surface area contributed by atoms with Gasteiger partial charge in [0.05, 0.1) is 34.0 Å². The zero-order valence-corrected chi connectivity index (χ0v) is 20.1. The molecule has 194 valence electrons. The summed E-state index contributed by atoms with van der Waals surface area (Å²) in [5.41, 5.74) is -0.00469. The first-order valence-corrected chi connectivity index (χ1v) is 11.1. The first-order valence-electron chi connectivity index (χ1n) is 11.1. The summed E-state index contributed by atoms with van der Waals surface area (Å²) in [6.45, 7) is 1.15. The number of phenols is 1. The van der Waals surface area contributed by atoms with E-state index in [0.29, 0.717) is 5.56 Å². The van der Waals surface area contributed by atoms with Gasteiger partial charge in [0.1, 0.15) is 34.7 Å². The molecule has 0 bridgehead atoms. The Labute approximate surface area is 206 Å². The number of methoxy groups -OCH3 is 3. The van der Waals surface area contributed by atoms with E-state index in [2.05, 4.69) is 0 Å². The Morgan fingerprint density at radius 2 is 1.69 bits per heavy atom. The van der Waals surface area contributed by atoms with E-state index in [1.54, 1.807) is 6.92 Å². The summed E-state index contributed by atoms with van der Waals surface area (Å²) >= 11 is 0. The van der Waals surface area contributed by atoms with Crippen LogP contribution in [0.3, 0.4) is 0 Å². The van der Waals surface area contributed by atoms with Crippen LogP contribution in [0, 0.1) is 5.92 Å². The SMILES string of the molecule is COc1cc(-c2oc3cc(O[C@@H]4O[C@H](CO)[C@@H](O)[C@H](C)[C@H]4O)cc(OC)c3c(=O)c2OC)ccc1O. The molecule has 1 aliphatic rings. The third-order valence-electron chi connectivity index (χ3n) is 6.24. The van der Waals surface area contributed by atoms with Gasteiger partial charge in [0.15, 0.2) is 17.3 Å². The van der Waals surface area contributed by atoms with Gasteiger partial charge in [-0.1, -0.05) is 6.92 Å². The van der Waals surface area contributed by atoms with Gasteiger partial charge in [-0.2, -0.15) is 0 Å². The zero-order valence-electron chi connectivity index (χ0n) is 20.1. The molecule has 0 amide bonds. The van der Waals surface area contributed by atoms with Gasteiger partial charge in [0.2, 0.25) is 17.5 Å². The topological polar surface area (TPSA) is 157 Å². The number of aromatic hydroxyl groups is 1. The molecular formula is C25H28O11. The predicted molar refractivity (Wildman–Crippen MR) is 127 cm³/mol. The van der Waals surface area contributed by atoms with Crippen molar-refractivity contribution in [3.8, 4) is 40.1 Å². The van der Waals surface area contributed by atoms with E-state index >= 15 is 0 Å². The number of phenolic OH excluding ortho intramolecular Hbond substituents is 1. The summed E-state index contributed by atoms with van der Waals surface area (Å²) in [6.07, 6.45) is -4.44. The van der Waals surface area contributed by atoms with E-state index in [1.807, 2.05) is 0 Å². The molecule has 0 aliphatic carbocycles. The second kappa shape index (κ2) is 10.2. The summed E-state index contributed by atoms with van der Waals surface area (Å²) in [5, 5.41) is 40.3. The highest BCUT2D eigenvalue weighted by Crippen LogP contribution is 2.39. The number of rotatable bonds is 7. The third kappa shape index (κ3) is 4.42. The van der Waals surface area contributed by atoms with Crippen LogP contribution in [0.1, 0.15) is 6.92 Å². The van der Waals surface area contributed by atoms with E-state index in [-0.39, 0.29) is 45.5 Å². The minimum atomic E-state index is -1.21. The largest absolute Gasteiger partial charge is 0.504 e. The van der Waals surface area contributed by atoms with Gasteiger partial charge < -0.3 is 48.5 Å². The maximum atomic E-state index is 13.4. The summed E-state index contributed by atoms with van der Waals surface area (Å²) < 4.78 is 33.4. The third-order valence-corrected chi connectivity index (χ3v) is 6.24. The van der Waals surface area contributed by atoms with Crippen LogP contribution < -0.4 is 24.4 Å². The molecule has 0 unspecified atom stereocenters. The fraction of sp³-hybridized carbons (Fsp3) is 0.400. The molecule has 1 aromatic heterocycles. The van der Waals surface area contributed by atoms with Crippen LogP contribution in [0.25, 0.3) is 22.3 Å². The Kier molecular flexibility index (Phi) is 7.27. The first-order chi connectivity index (χ1) is 17.2. The van der Waals surface area contributed by atoms with Gasteiger partial charge in [-0.05, 0) is 18.2 Å². The molecule has 4 rings (SSSR count). The Balaban J connectivity index is 1.83. The number of ether oxygens (including phenoxy) is 5. The summed E-state index contributed by atoms with van der Waals surface area (Å²) in [6, 6.07) is 7.29. The molecule has 36 heavy (non-hydrogen) atoms. The van der Waals surface area contributed by atoms with Crippen molar-refractivity contribution in [2.75, 3.05) is 27.9 Å². The van der Waals surface area contributed by atoms with Gasteiger partial charge in [0, 0.05) is 23.6 Å². The first kappa shape index (κ1) is 25.6. The second-order valence-corrected chi connectivity index (χ2v) is 8.36. The summed E-state index contributed by atoms with van der Waals surface area (Å²) in [5.74, 6) is -0.285. The fourth-order valence-corrected chi connectivity index (χ4v) is 4.17. The minimum absolute atomic E-state index is 0.0816. The molecule has 11 nitrogen and oxygen atoms in total. The quantitative estimate of drug-likeness (QED) is 0.371. The van der Waals surface area contributed by atoms with Gasteiger partial charge in [-0.25, -0.2) is 0 Å². The van der Waals surface area contributed by atoms with E-state index in [4.69, 9.17) is 28.1 Å². The lowest BCUT2D eigenvalue weighted by atomic mass is 9.91. The number of aliphatic hydroxyl groups excluding tert-OH is 3. The number of hydrogen-bond donors (Lipinski definition) is 4. The lowest BCUT2D eigenvalue weighted by molar-refractivity contribution is -0.260. The summed E-state index contributed by atoms with van der Waals surface area (Å²) in [4.78, 5) is 13.4. The molecule has 0 saturated carbocycles. The minimum Gasteiger partial charge on any atom is -0.504 e. The molecule has 0 spiro atoms. The van der Waals surface area contributed by atoms with Crippen molar-refractivity contribution in [2.24, 2.45) is 5.92 Å². The van der Waals surface area contributed by atoms with Crippen LogP contribution in [0.5, 0.6) is 28.7 Å². The molecule has 2 heterocycles. The molecule has 11 heteroatoms. The van der Waals surface area contributed by atoms with Gasteiger partial charge >= 0.3 is 0 Å². The molecule has 1 saturated heterocycles. The normalized spacial score (nSPS) is 23.9. The number of aliphatic hydroxyl groups is 3. The van der Waals surface area contributed by atoms with Crippen molar-refractivity contribution in [1.29, 1.82) is 0 Å². The maximum Gasteiger partial charge on any atom is 0.239 e. The standard InChI is InChI=1S/C25H28O11/c1-11-20(28)18(10-26)36-25(21(11)29)34-13-8-16(32-3)19-17(9-13)35-23(24(33-4)22(19)30)12-5-6-14(27)15(7-12)31-2/h5-9,11,18,20-21,25-29H,10H2,1-4H3/t11-,18+,20-,21+,25+/m0/s1. The highest BCUT2D eigenvalue weighted by atomic mass is 16.7. The Morgan fingerprint density at radius 3 is 2.33 bits per heavy atom. The molecule has 1 aliphatic heterocycles. The molecule has 5 atom stereocenters. The van der Waals surface area contributed by atoms with Gasteiger partial charge in [-0.15, -0.1) is 0 Å². The van der Waals surface area contributed by atoms with Crippen molar-refractivity contribution in [2.45, 2.75) is 31.5 Å². The van der Waals surface area contributed by atoms with Crippen LogP contribution >= 0.6 is 0 Å². The Morgan fingerprint density at radius 1 is 0.972 bits per heavy atom. The number of hydrogen-bond acceptors (Lipinski definition) is 11. The summed E-state index contributed by atoms with van der Waals surface area (Å²) in [7, 11) is 4.09. The molecular weight excluding hydrogens is 476 g/mol. The Bertz CT molecular complexity index is 1300. The van der Waals surface area contributed by atoms with Crippen LogP contribution in [0.2, 0.25) is 0 Å². The fourth-order valence-electron chi connectivity index (χ4n) is 4.17. The lowest BCUT2D eigenvalue weighted by Crippen LogP contribution is -2.56.